The molecule has 0 aliphatic rings. The van der Waals surface area contributed by atoms with Gasteiger partial charge in [-0.3, -0.25) is 4.98 Å². The molecule has 1 heterocycles. The lowest BCUT2D eigenvalue weighted by molar-refractivity contribution is 0.622. The van der Waals surface area contributed by atoms with Crippen molar-refractivity contribution < 1.29 is 4.39 Å². The Kier molecular flexibility index (Phi) is 3.58. The van der Waals surface area contributed by atoms with Crippen LogP contribution in [0.1, 0.15) is 18.9 Å². The Balaban J connectivity index is 2.63. The van der Waals surface area contributed by atoms with Gasteiger partial charge in [0, 0.05) is 24.0 Å². The second-order valence-corrected chi connectivity index (χ2v) is 3.01. The minimum absolute atomic E-state index is 0.107. The van der Waals surface area contributed by atoms with Crippen molar-refractivity contribution in [2.75, 3.05) is 0 Å². The Morgan fingerprint density at radius 3 is 3.08 bits per heavy atom. The first-order valence-corrected chi connectivity index (χ1v) is 4.22. The van der Waals surface area contributed by atoms with E-state index in [0.717, 1.165) is 6.42 Å². The maximum Gasteiger partial charge on any atom is 0.133 e. The number of rotatable bonds is 3. The molecule has 0 radical (unpaired) electrons. The molecular weight excluding hydrogens is 167 g/mol. The highest BCUT2D eigenvalue weighted by atomic mass is 19.1. The van der Waals surface area contributed by atoms with Crippen LogP contribution in [0.25, 0.3) is 6.08 Å². The third-order valence-corrected chi connectivity index (χ3v) is 1.60. The number of nitrogens with two attached hydrogens (primary N) is 1. The first kappa shape index (κ1) is 9.86. The van der Waals surface area contributed by atoms with Gasteiger partial charge >= 0.3 is 0 Å². The van der Waals surface area contributed by atoms with Crippen molar-refractivity contribution in [1.29, 1.82) is 0 Å². The average Bonchev–Trinajstić information content (AvgIpc) is 2.08. The summed E-state index contributed by atoms with van der Waals surface area (Å²) in [5.41, 5.74) is 6.04. The molecule has 1 aromatic rings. The van der Waals surface area contributed by atoms with Gasteiger partial charge in [-0.05, 0) is 19.4 Å². The summed E-state index contributed by atoms with van der Waals surface area (Å²) in [6.45, 7) is 1.91. The molecule has 0 amide bonds. The molecule has 0 unspecified atom stereocenters. The molecule has 1 aromatic heterocycles. The van der Waals surface area contributed by atoms with E-state index in [0.29, 0.717) is 5.56 Å². The predicted octanol–water partition coefficient (Wildman–Crippen LogP) is 1.97. The van der Waals surface area contributed by atoms with Gasteiger partial charge in [0.25, 0.3) is 0 Å². The van der Waals surface area contributed by atoms with Crippen LogP contribution in [0.3, 0.4) is 0 Å². The Morgan fingerprint density at radius 1 is 1.69 bits per heavy atom. The van der Waals surface area contributed by atoms with Crippen molar-refractivity contribution in [3.05, 3.63) is 35.9 Å². The van der Waals surface area contributed by atoms with E-state index in [2.05, 4.69) is 4.98 Å². The maximum absolute atomic E-state index is 13.0. The molecule has 13 heavy (non-hydrogen) atoms. The smallest absolute Gasteiger partial charge is 0.133 e. The summed E-state index contributed by atoms with van der Waals surface area (Å²) in [5.74, 6) is -0.254. The van der Waals surface area contributed by atoms with E-state index in [1.54, 1.807) is 6.08 Å². The Bertz CT molecular complexity index is 295. The number of hydrogen-bond acceptors (Lipinski definition) is 2. The molecule has 3 heteroatoms. The van der Waals surface area contributed by atoms with E-state index in [4.69, 9.17) is 5.73 Å². The molecule has 2 N–H and O–H groups in total. The van der Waals surface area contributed by atoms with Crippen LogP contribution in [-0.2, 0) is 0 Å². The van der Waals surface area contributed by atoms with E-state index >= 15 is 0 Å². The van der Waals surface area contributed by atoms with Crippen LogP contribution >= 0.6 is 0 Å². The van der Waals surface area contributed by atoms with Crippen LogP contribution in [-0.4, -0.2) is 11.0 Å². The third kappa shape index (κ3) is 3.34. The quantitative estimate of drug-likeness (QED) is 0.772. The van der Waals surface area contributed by atoms with Gasteiger partial charge in [-0.15, -0.1) is 0 Å². The maximum atomic E-state index is 13.0. The van der Waals surface area contributed by atoms with Gasteiger partial charge in [-0.1, -0.05) is 12.2 Å². The van der Waals surface area contributed by atoms with Crippen LogP contribution in [0.15, 0.2) is 24.5 Å². The van der Waals surface area contributed by atoms with Crippen LogP contribution < -0.4 is 5.73 Å². The van der Waals surface area contributed by atoms with Gasteiger partial charge in [-0.2, -0.15) is 0 Å². The summed E-state index contributed by atoms with van der Waals surface area (Å²) in [5, 5.41) is 0. The van der Waals surface area contributed by atoms with E-state index in [1.807, 2.05) is 13.0 Å². The zero-order chi connectivity index (χ0) is 9.68. The van der Waals surface area contributed by atoms with Crippen LogP contribution in [0.4, 0.5) is 4.39 Å². The topological polar surface area (TPSA) is 38.9 Å². The van der Waals surface area contributed by atoms with Crippen molar-refractivity contribution in [3.63, 3.8) is 0 Å². The average molecular weight is 180 g/mol. The fraction of sp³-hybridized carbons (Fsp3) is 0.300. The second kappa shape index (κ2) is 4.72. The summed E-state index contributed by atoms with van der Waals surface area (Å²) in [4.78, 5) is 3.82. The van der Waals surface area contributed by atoms with Crippen molar-refractivity contribution in [2.45, 2.75) is 19.4 Å². The molecule has 0 saturated carbocycles. The zero-order valence-electron chi connectivity index (χ0n) is 7.57. The lowest BCUT2D eigenvalue weighted by atomic mass is 10.2. The van der Waals surface area contributed by atoms with Crippen molar-refractivity contribution in [1.82, 2.24) is 4.98 Å². The van der Waals surface area contributed by atoms with Gasteiger partial charge in [0.1, 0.15) is 5.82 Å². The lowest BCUT2D eigenvalue weighted by Crippen LogP contribution is -2.12. The molecule has 0 bridgehead atoms. The Labute approximate surface area is 77.3 Å². The predicted molar refractivity (Wildman–Crippen MR) is 51.5 cm³/mol. The van der Waals surface area contributed by atoms with E-state index < -0.39 is 0 Å². The number of pyridine rings is 1. The molecule has 0 aromatic carbocycles. The molecule has 2 nitrogen and oxygen atoms in total. The minimum atomic E-state index is -0.254. The van der Waals surface area contributed by atoms with Crippen LogP contribution in [0.2, 0.25) is 0 Å². The van der Waals surface area contributed by atoms with Crippen molar-refractivity contribution in [3.8, 4) is 0 Å². The molecular formula is C10H13FN2. The number of halogens is 1. The fourth-order valence-corrected chi connectivity index (χ4v) is 0.922. The first-order chi connectivity index (χ1) is 6.20. The van der Waals surface area contributed by atoms with Gasteiger partial charge in [0.15, 0.2) is 0 Å². The Morgan fingerprint density at radius 2 is 2.46 bits per heavy atom. The van der Waals surface area contributed by atoms with Gasteiger partial charge in [0.2, 0.25) is 0 Å². The lowest BCUT2D eigenvalue weighted by Gasteiger charge is -1.98. The standard InChI is InChI=1S/C10H13FN2/c1-8(12)3-2-4-9-7-13-6-5-10(9)11/h2,4-8H,3,12H2,1H3/b4-2+/t8-/m0/s1. The highest BCUT2D eigenvalue weighted by Crippen LogP contribution is 2.06. The number of aromatic nitrogens is 1. The molecule has 0 fully saturated rings. The third-order valence-electron chi connectivity index (χ3n) is 1.60. The summed E-state index contributed by atoms with van der Waals surface area (Å²) in [7, 11) is 0. The molecule has 0 spiro atoms. The van der Waals surface area contributed by atoms with E-state index in [9.17, 15) is 4.39 Å². The fourth-order valence-electron chi connectivity index (χ4n) is 0.922. The Hall–Kier alpha value is -1.22. The summed E-state index contributed by atoms with van der Waals surface area (Å²) >= 11 is 0. The van der Waals surface area contributed by atoms with Crippen molar-refractivity contribution in [2.24, 2.45) is 5.73 Å². The van der Waals surface area contributed by atoms with Crippen LogP contribution in [0, 0.1) is 5.82 Å². The van der Waals surface area contributed by atoms with E-state index in [1.165, 1.54) is 18.5 Å². The van der Waals surface area contributed by atoms with Gasteiger partial charge < -0.3 is 5.73 Å². The number of hydrogen-bond donors (Lipinski definition) is 1. The normalized spacial score (nSPS) is 13.5. The van der Waals surface area contributed by atoms with E-state index in [-0.39, 0.29) is 11.9 Å². The number of nitrogens with zero attached hydrogens (tertiary/aromatic N) is 1. The molecule has 0 saturated heterocycles. The molecule has 70 valence electrons. The first-order valence-electron chi connectivity index (χ1n) is 4.22. The summed E-state index contributed by atoms with van der Waals surface area (Å²) in [6.07, 6.45) is 7.22. The summed E-state index contributed by atoms with van der Waals surface area (Å²) in [6, 6.07) is 1.45. The monoisotopic (exact) mass is 180 g/mol. The zero-order valence-corrected chi connectivity index (χ0v) is 7.57. The second-order valence-electron chi connectivity index (χ2n) is 3.01. The molecule has 1 rings (SSSR count). The van der Waals surface area contributed by atoms with Crippen molar-refractivity contribution >= 4 is 6.08 Å². The minimum Gasteiger partial charge on any atom is -0.328 e. The van der Waals surface area contributed by atoms with Crippen LogP contribution in [0.5, 0.6) is 0 Å². The SMILES string of the molecule is C[C@H](N)C/C=C/c1cnccc1F. The van der Waals surface area contributed by atoms with Gasteiger partial charge in [-0.25, -0.2) is 4.39 Å². The molecule has 0 aliphatic carbocycles. The molecule has 1 atom stereocenters. The van der Waals surface area contributed by atoms with Gasteiger partial charge in [0.05, 0.1) is 0 Å². The largest absolute Gasteiger partial charge is 0.328 e. The highest BCUT2D eigenvalue weighted by Gasteiger charge is 1.95. The summed E-state index contributed by atoms with van der Waals surface area (Å²) < 4.78 is 13.0. The highest BCUT2D eigenvalue weighted by molar-refractivity contribution is 5.48. The molecule has 0 aliphatic heterocycles.